The molecule has 0 bridgehead atoms. The van der Waals surface area contributed by atoms with Crippen molar-refractivity contribution in [2.45, 2.75) is 32.2 Å². The van der Waals surface area contributed by atoms with E-state index in [-0.39, 0.29) is 11.5 Å². The second kappa shape index (κ2) is 8.44. The number of carbonyl (C=O) groups excluding carboxylic acids is 1. The second-order valence-corrected chi connectivity index (χ2v) is 7.27. The Labute approximate surface area is 163 Å². The van der Waals surface area contributed by atoms with Crippen LogP contribution in [0.3, 0.4) is 0 Å². The molecule has 0 saturated heterocycles. The normalized spacial score (nSPS) is 14.9. The number of hydrogen-bond donors (Lipinski definition) is 2. The average Bonchev–Trinajstić information content (AvgIpc) is 2.61. The van der Waals surface area contributed by atoms with Crippen molar-refractivity contribution in [1.29, 1.82) is 0 Å². The molecular formula is C21H22ClNO4. The summed E-state index contributed by atoms with van der Waals surface area (Å²) in [4.78, 5) is 24.2. The van der Waals surface area contributed by atoms with Gasteiger partial charge in [0, 0.05) is 5.02 Å². The van der Waals surface area contributed by atoms with Crippen molar-refractivity contribution in [2.24, 2.45) is 5.92 Å². The number of rotatable bonds is 7. The zero-order chi connectivity index (χ0) is 19.4. The van der Waals surface area contributed by atoms with Gasteiger partial charge in [-0.25, -0.2) is 4.79 Å². The van der Waals surface area contributed by atoms with Crippen LogP contribution in [0.15, 0.2) is 42.5 Å². The zero-order valence-corrected chi connectivity index (χ0v) is 15.8. The third-order valence-electron chi connectivity index (χ3n) is 4.89. The van der Waals surface area contributed by atoms with Crippen molar-refractivity contribution in [3.8, 4) is 5.75 Å². The van der Waals surface area contributed by atoms with E-state index in [1.807, 2.05) is 0 Å². The maximum absolute atomic E-state index is 12.8. The summed E-state index contributed by atoms with van der Waals surface area (Å²) < 4.78 is 5.85. The van der Waals surface area contributed by atoms with E-state index in [4.69, 9.17) is 16.3 Å². The molecule has 27 heavy (non-hydrogen) atoms. The van der Waals surface area contributed by atoms with Gasteiger partial charge in [0.15, 0.2) is 0 Å². The Morgan fingerprint density at radius 2 is 1.96 bits per heavy atom. The molecule has 6 heteroatoms. The van der Waals surface area contributed by atoms with E-state index in [0.717, 1.165) is 12.8 Å². The summed E-state index contributed by atoms with van der Waals surface area (Å²) in [6.45, 7) is 2.33. The van der Waals surface area contributed by atoms with Gasteiger partial charge in [-0.2, -0.15) is 0 Å². The molecule has 5 nitrogen and oxygen atoms in total. The summed E-state index contributed by atoms with van der Waals surface area (Å²) in [5, 5.41) is 12.6. The molecular weight excluding hydrogens is 366 g/mol. The van der Waals surface area contributed by atoms with Crippen molar-refractivity contribution < 1.29 is 19.4 Å². The number of carboxylic acid groups (broad SMARTS) is 1. The van der Waals surface area contributed by atoms with Gasteiger partial charge in [0.25, 0.3) is 5.91 Å². The van der Waals surface area contributed by atoms with Gasteiger partial charge in [-0.15, -0.1) is 0 Å². The Hall–Kier alpha value is -2.53. The van der Waals surface area contributed by atoms with Crippen LogP contribution in [0.25, 0.3) is 0 Å². The van der Waals surface area contributed by atoms with Crippen molar-refractivity contribution in [3.05, 3.63) is 64.2 Å². The smallest absolute Gasteiger partial charge is 0.336 e. The van der Waals surface area contributed by atoms with Crippen LogP contribution in [0.2, 0.25) is 5.02 Å². The summed E-state index contributed by atoms with van der Waals surface area (Å²) in [5.41, 5.74) is 1.05. The van der Waals surface area contributed by atoms with E-state index in [2.05, 4.69) is 5.32 Å². The summed E-state index contributed by atoms with van der Waals surface area (Å²) in [5.74, 6) is -0.353. The number of halogens is 1. The molecule has 2 aromatic carbocycles. The SMILES string of the molecule is C[C@H](NC(=O)c1cc(Cl)ccc1OCC1CCC1)c1ccccc1C(=O)O. The fourth-order valence-electron chi connectivity index (χ4n) is 3.09. The molecule has 1 aliphatic carbocycles. The minimum atomic E-state index is -1.03. The fourth-order valence-corrected chi connectivity index (χ4v) is 3.27. The minimum Gasteiger partial charge on any atom is -0.492 e. The van der Waals surface area contributed by atoms with Gasteiger partial charge in [0.05, 0.1) is 23.8 Å². The number of amides is 1. The molecule has 0 spiro atoms. The van der Waals surface area contributed by atoms with Gasteiger partial charge < -0.3 is 15.2 Å². The largest absolute Gasteiger partial charge is 0.492 e. The van der Waals surface area contributed by atoms with Crippen LogP contribution < -0.4 is 10.1 Å². The lowest BCUT2D eigenvalue weighted by molar-refractivity contribution is 0.0693. The van der Waals surface area contributed by atoms with Gasteiger partial charge in [-0.1, -0.05) is 36.2 Å². The minimum absolute atomic E-state index is 0.165. The lowest BCUT2D eigenvalue weighted by Gasteiger charge is -2.25. The first-order valence-electron chi connectivity index (χ1n) is 9.01. The first-order valence-corrected chi connectivity index (χ1v) is 9.39. The van der Waals surface area contributed by atoms with Crippen molar-refractivity contribution in [3.63, 3.8) is 0 Å². The van der Waals surface area contributed by atoms with Gasteiger partial charge in [0.1, 0.15) is 5.75 Å². The van der Waals surface area contributed by atoms with Crippen LogP contribution in [0.4, 0.5) is 0 Å². The number of benzene rings is 2. The summed E-state index contributed by atoms with van der Waals surface area (Å²) in [6.07, 6.45) is 3.53. The maximum Gasteiger partial charge on any atom is 0.336 e. The average molecular weight is 388 g/mol. The maximum atomic E-state index is 12.8. The van der Waals surface area contributed by atoms with Crippen LogP contribution >= 0.6 is 11.6 Å². The van der Waals surface area contributed by atoms with Crippen molar-refractivity contribution >= 4 is 23.5 Å². The number of nitrogens with one attached hydrogen (secondary N) is 1. The highest BCUT2D eigenvalue weighted by molar-refractivity contribution is 6.31. The van der Waals surface area contributed by atoms with Crippen LogP contribution in [-0.4, -0.2) is 23.6 Å². The number of ether oxygens (including phenoxy) is 1. The van der Waals surface area contributed by atoms with Gasteiger partial charge >= 0.3 is 5.97 Å². The van der Waals surface area contributed by atoms with Crippen molar-refractivity contribution in [2.75, 3.05) is 6.61 Å². The molecule has 2 aromatic rings. The van der Waals surface area contributed by atoms with Crippen LogP contribution in [0, 0.1) is 5.92 Å². The monoisotopic (exact) mass is 387 g/mol. The molecule has 2 N–H and O–H groups in total. The third kappa shape index (κ3) is 4.61. The lowest BCUT2D eigenvalue weighted by Crippen LogP contribution is -2.28. The molecule has 1 atom stereocenters. The molecule has 0 aromatic heterocycles. The molecule has 0 radical (unpaired) electrons. The number of carboxylic acids is 1. The van der Waals surface area contributed by atoms with E-state index in [1.165, 1.54) is 12.5 Å². The lowest BCUT2D eigenvalue weighted by atomic mass is 9.86. The Morgan fingerprint density at radius 1 is 1.22 bits per heavy atom. The first kappa shape index (κ1) is 19.2. The number of hydrogen-bond acceptors (Lipinski definition) is 3. The van der Waals surface area contributed by atoms with Crippen LogP contribution in [0.5, 0.6) is 5.75 Å². The first-order chi connectivity index (χ1) is 13.0. The molecule has 142 valence electrons. The van der Waals surface area contributed by atoms with E-state index in [9.17, 15) is 14.7 Å². The van der Waals surface area contributed by atoms with Crippen molar-refractivity contribution in [1.82, 2.24) is 5.32 Å². The Bertz CT molecular complexity index is 848. The summed E-state index contributed by atoms with van der Waals surface area (Å²) in [6, 6.07) is 11.1. The topological polar surface area (TPSA) is 75.6 Å². The second-order valence-electron chi connectivity index (χ2n) is 6.84. The summed E-state index contributed by atoms with van der Waals surface area (Å²) >= 11 is 6.07. The van der Waals surface area contributed by atoms with Crippen LogP contribution in [-0.2, 0) is 0 Å². The molecule has 1 saturated carbocycles. The Morgan fingerprint density at radius 3 is 2.63 bits per heavy atom. The zero-order valence-electron chi connectivity index (χ0n) is 15.1. The Kier molecular flexibility index (Phi) is 6.01. The molecule has 1 amide bonds. The molecule has 0 unspecified atom stereocenters. The quantitative estimate of drug-likeness (QED) is 0.721. The van der Waals surface area contributed by atoms with Gasteiger partial charge in [0.2, 0.25) is 0 Å². The van der Waals surface area contributed by atoms with Gasteiger partial charge in [-0.05, 0) is 55.5 Å². The molecule has 1 aliphatic rings. The van der Waals surface area contributed by atoms with Gasteiger partial charge in [-0.3, -0.25) is 4.79 Å². The highest BCUT2D eigenvalue weighted by Gasteiger charge is 2.22. The van der Waals surface area contributed by atoms with E-state index < -0.39 is 12.0 Å². The van der Waals surface area contributed by atoms with E-state index in [1.54, 1.807) is 43.3 Å². The molecule has 0 heterocycles. The number of carbonyl (C=O) groups is 2. The Balaban J connectivity index is 1.77. The third-order valence-corrected chi connectivity index (χ3v) is 5.13. The van der Waals surface area contributed by atoms with E-state index >= 15 is 0 Å². The number of aromatic carboxylic acids is 1. The predicted octanol–water partition coefficient (Wildman–Crippen LogP) is 4.71. The van der Waals surface area contributed by atoms with E-state index in [0.29, 0.717) is 34.4 Å². The standard InChI is InChI=1S/C21H22ClNO4/c1-13(16-7-2-3-8-17(16)21(25)26)23-20(24)18-11-15(22)9-10-19(18)27-12-14-5-4-6-14/h2-3,7-11,13-14H,4-6,12H2,1H3,(H,23,24)(H,25,26)/t13-/m0/s1. The molecule has 0 aliphatic heterocycles. The molecule has 3 rings (SSSR count). The summed E-state index contributed by atoms with van der Waals surface area (Å²) in [7, 11) is 0. The highest BCUT2D eigenvalue weighted by atomic mass is 35.5. The fraction of sp³-hybridized carbons (Fsp3) is 0.333. The predicted molar refractivity (Wildman–Crippen MR) is 104 cm³/mol. The molecule has 1 fully saturated rings. The van der Waals surface area contributed by atoms with Crippen LogP contribution in [0.1, 0.15) is 58.5 Å². The highest BCUT2D eigenvalue weighted by Crippen LogP contribution is 2.29.